The van der Waals surface area contributed by atoms with Gasteiger partial charge in [-0.25, -0.2) is 0 Å². The van der Waals surface area contributed by atoms with Crippen molar-refractivity contribution in [2.75, 3.05) is 26.8 Å². The maximum absolute atomic E-state index is 11.7. The molecular formula is C22H25BrClNO4. The van der Waals surface area contributed by atoms with Gasteiger partial charge >= 0.3 is 5.97 Å². The molecule has 3 rings (SSSR count). The molecule has 1 aliphatic rings. The second-order valence-electron chi connectivity index (χ2n) is 7.08. The topological polar surface area (TPSA) is 59.0 Å². The SMILES string of the molecule is CCOc1ccc(Br)cc1C(c1cc(Cl)ccc1OC)N1CCCC(C(=O)O)C1. The Hall–Kier alpha value is -1.76. The standard InChI is InChI=1S/C22H25BrClNO4/c1-3-29-20-8-6-15(23)11-17(20)21(18-12-16(24)7-9-19(18)28-2)25-10-4-5-14(13-25)22(26)27/h6-9,11-12,14,21H,3-5,10,13H2,1-2H3,(H,26,27). The van der Waals surface area contributed by atoms with Crippen LogP contribution in [0.15, 0.2) is 40.9 Å². The molecule has 29 heavy (non-hydrogen) atoms. The molecular weight excluding hydrogens is 458 g/mol. The smallest absolute Gasteiger partial charge is 0.307 e. The molecule has 0 saturated carbocycles. The number of halogens is 2. The highest BCUT2D eigenvalue weighted by atomic mass is 79.9. The van der Waals surface area contributed by atoms with E-state index >= 15 is 0 Å². The molecule has 156 valence electrons. The lowest BCUT2D eigenvalue weighted by Crippen LogP contribution is -2.41. The zero-order valence-electron chi connectivity index (χ0n) is 16.5. The third kappa shape index (κ3) is 5.05. The molecule has 0 spiro atoms. The van der Waals surface area contributed by atoms with Crippen molar-refractivity contribution in [2.24, 2.45) is 5.92 Å². The summed E-state index contributed by atoms with van der Waals surface area (Å²) in [5.41, 5.74) is 1.85. The van der Waals surface area contributed by atoms with Crippen molar-refractivity contribution in [1.82, 2.24) is 4.90 Å². The van der Waals surface area contributed by atoms with Crippen LogP contribution in [0.3, 0.4) is 0 Å². The molecule has 1 fully saturated rings. The molecule has 0 amide bonds. The van der Waals surface area contributed by atoms with E-state index in [0.29, 0.717) is 30.3 Å². The highest BCUT2D eigenvalue weighted by Gasteiger charge is 2.34. The fourth-order valence-electron chi connectivity index (χ4n) is 3.94. The third-order valence-electron chi connectivity index (χ3n) is 5.22. The van der Waals surface area contributed by atoms with Gasteiger partial charge < -0.3 is 14.6 Å². The molecule has 2 unspecified atom stereocenters. The molecule has 1 aliphatic heterocycles. The van der Waals surface area contributed by atoms with Crippen LogP contribution in [-0.2, 0) is 4.79 Å². The van der Waals surface area contributed by atoms with Crippen LogP contribution >= 0.6 is 27.5 Å². The Morgan fingerprint density at radius 3 is 2.69 bits per heavy atom. The van der Waals surface area contributed by atoms with Gasteiger partial charge in [0.25, 0.3) is 0 Å². The Morgan fingerprint density at radius 1 is 1.28 bits per heavy atom. The van der Waals surface area contributed by atoms with E-state index in [1.165, 1.54) is 0 Å². The number of hydrogen-bond acceptors (Lipinski definition) is 4. The Balaban J connectivity index is 2.17. The van der Waals surface area contributed by atoms with Crippen LogP contribution < -0.4 is 9.47 Å². The number of carboxylic acids is 1. The van der Waals surface area contributed by atoms with Crippen LogP contribution in [0, 0.1) is 5.92 Å². The molecule has 7 heteroatoms. The van der Waals surface area contributed by atoms with Crippen LogP contribution in [0.1, 0.15) is 36.9 Å². The lowest BCUT2D eigenvalue weighted by molar-refractivity contribution is -0.143. The second kappa shape index (κ2) is 9.83. The summed E-state index contributed by atoms with van der Waals surface area (Å²) < 4.78 is 12.5. The van der Waals surface area contributed by atoms with Gasteiger partial charge in [0.1, 0.15) is 11.5 Å². The van der Waals surface area contributed by atoms with E-state index in [1.807, 2.05) is 37.3 Å². The minimum atomic E-state index is -0.759. The van der Waals surface area contributed by atoms with Crippen molar-refractivity contribution in [3.05, 3.63) is 57.0 Å². The molecule has 0 bridgehead atoms. The minimum Gasteiger partial charge on any atom is -0.496 e. The van der Waals surface area contributed by atoms with Gasteiger partial charge in [-0.2, -0.15) is 0 Å². The van der Waals surface area contributed by atoms with Crippen LogP contribution in [0.5, 0.6) is 11.5 Å². The number of hydrogen-bond donors (Lipinski definition) is 1. The van der Waals surface area contributed by atoms with Crippen molar-refractivity contribution < 1.29 is 19.4 Å². The van der Waals surface area contributed by atoms with E-state index < -0.39 is 11.9 Å². The molecule has 2 aromatic carbocycles. The number of ether oxygens (including phenoxy) is 2. The number of likely N-dealkylation sites (tertiary alicyclic amines) is 1. The molecule has 1 heterocycles. The van der Waals surface area contributed by atoms with E-state index in [2.05, 4.69) is 20.8 Å². The average Bonchev–Trinajstić information content (AvgIpc) is 2.71. The zero-order valence-corrected chi connectivity index (χ0v) is 18.9. The second-order valence-corrected chi connectivity index (χ2v) is 8.43. The average molecular weight is 483 g/mol. The lowest BCUT2D eigenvalue weighted by Gasteiger charge is -2.38. The number of nitrogens with zero attached hydrogens (tertiary/aromatic N) is 1. The number of rotatable bonds is 7. The van der Waals surface area contributed by atoms with Gasteiger partial charge in [-0.3, -0.25) is 9.69 Å². The highest BCUT2D eigenvalue weighted by molar-refractivity contribution is 9.10. The summed E-state index contributed by atoms with van der Waals surface area (Å²) in [7, 11) is 1.63. The first kappa shape index (κ1) is 21.9. The first-order valence-corrected chi connectivity index (χ1v) is 10.8. The Kier molecular flexibility index (Phi) is 7.44. The number of piperidine rings is 1. The molecule has 2 atom stereocenters. The maximum Gasteiger partial charge on any atom is 0.307 e. The third-order valence-corrected chi connectivity index (χ3v) is 5.95. The number of benzene rings is 2. The molecule has 2 aromatic rings. The molecule has 0 radical (unpaired) electrons. The van der Waals surface area contributed by atoms with Gasteiger partial charge in [0.15, 0.2) is 0 Å². The summed E-state index contributed by atoms with van der Waals surface area (Å²) in [6, 6.07) is 11.2. The zero-order chi connectivity index (χ0) is 21.0. The van der Waals surface area contributed by atoms with Crippen molar-refractivity contribution in [3.63, 3.8) is 0 Å². The lowest BCUT2D eigenvalue weighted by atomic mass is 9.90. The van der Waals surface area contributed by atoms with Gasteiger partial charge in [0.2, 0.25) is 0 Å². The summed E-state index contributed by atoms with van der Waals surface area (Å²) >= 11 is 9.92. The molecule has 1 saturated heterocycles. The van der Waals surface area contributed by atoms with E-state index in [1.54, 1.807) is 13.2 Å². The van der Waals surface area contributed by atoms with Crippen molar-refractivity contribution in [1.29, 1.82) is 0 Å². The predicted octanol–water partition coefficient (Wildman–Crippen LogP) is 5.40. The van der Waals surface area contributed by atoms with Crippen molar-refractivity contribution in [2.45, 2.75) is 25.8 Å². The van der Waals surface area contributed by atoms with E-state index in [0.717, 1.165) is 34.3 Å². The number of aliphatic carboxylic acids is 1. The quantitative estimate of drug-likeness (QED) is 0.573. The first-order valence-electron chi connectivity index (χ1n) is 9.67. The summed E-state index contributed by atoms with van der Waals surface area (Å²) in [6.45, 7) is 3.71. The molecule has 0 aliphatic carbocycles. The molecule has 1 N–H and O–H groups in total. The highest BCUT2D eigenvalue weighted by Crippen LogP contribution is 2.42. The molecule has 0 aromatic heterocycles. The van der Waals surface area contributed by atoms with Gasteiger partial charge in [0, 0.05) is 27.2 Å². The number of methoxy groups -OCH3 is 1. The fraction of sp³-hybridized carbons (Fsp3) is 0.409. The van der Waals surface area contributed by atoms with Crippen LogP contribution in [-0.4, -0.2) is 42.8 Å². The number of carboxylic acid groups (broad SMARTS) is 1. The monoisotopic (exact) mass is 481 g/mol. The van der Waals surface area contributed by atoms with Gasteiger partial charge in [-0.05, 0) is 62.7 Å². The Bertz CT molecular complexity index is 876. The van der Waals surface area contributed by atoms with Crippen LogP contribution in [0.2, 0.25) is 5.02 Å². The fourth-order valence-corrected chi connectivity index (χ4v) is 4.50. The summed E-state index contributed by atoms with van der Waals surface area (Å²) in [5.74, 6) is 0.310. The largest absolute Gasteiger partial charge is 0.496 e. The van der Waals surface area contributed by atoms with E-state index in [9.17, 15) is 9.90 Å². The molecule has 5 nitrogen and oxygen atoms in total. The van der Waals surface area contributed by atoms with Crippen LogP contribution in [0.25, 0.3) is 0 Å². The van der Waals surface area contributed by atoms with Crippen molar-refractivity contribution >= 4 is 33.5 Å². The summed E-state index contributed by atoms with van der Waals surface area (Å²) in [5, 5.41) is 10.2. The van der Waals surface area contributed by atoms with Crippen LogP contribution in [0.4, 0.5) is 0 Å². The van der Waals surface area contributed by atoms with E-state index in [4.69, 9.17) is 21.1 Å². The Labute approximate surface area is 184 Å². The van der Waals surface area contributed by atoms with Gasteiger partial charge in [0.05, 0.1) is 25.7 Å². The van der Waals surface area contributed by atoms with Crippen molar-refractivity contribution in [3.8, 4) is 11.5 Å². The van der Waals surface area contributed by atoms with Gasteiger partial charge in [-0.1, -0.05) is 27.5 Å². The normalized spacial score (nSPS) is 18.3. The minimum absolute atomic E-state index is 0.246. The van der Waals surface area contributed by atoms with E-state index in [-0.39, 0.29) is 6.04 Å². The number of carbonyl (C=O) groups is 1. The predicted molar refractivity (Wildman–Crippen MR) is 117 cm³/mol. The first-order chi connectivity index (χ1) is 13.9. The van der Waals surface area contributed by atoms with Gasteiger partial charge in [-0.15, -0.1) is 0 Å². The summed E-state index contributed by atoms with van der Waals surface area (Å²) in [4.78, 5) is 13.9. The Morgan fingerprint density at radius 2 is 2.00 bits per heavy atom. The summed E-state index contributed by atoms with van der Waals surface area (Å²) in [6.07, 6.45) is 1.50. The maximum atomic E-state index is 11.7.